The van der Waals surface area contributed by atoms with Crippen LogP contribution in [0.3, 0.4) is 0 Å². The van der Waals surface area contributed by atoms with Gasteiger partial charge < -0.3 is 9.47 Å². The van der Waals surface area contributed by atoms with Gasteiger partial charge in [-0.2, -0.15) is 0 Å². The van der Waals surface area contributed by atoms with Crippen LogP contribution in [0.4, 0.5) is 0 Å². The van der Waals surface area contributed by atoms with Crippen molar-refractivity contribution in [3.8, 4) is 11.5 Å². The first kappa shape index (κ1) is 24.0. The third-order valence-electron chi connectivity index (χ3n) is 6.08. The number of methoxy groups -OCH3 is 2. The van der Waals surface area contributed by atoms with E-state index in [1.54, 1.807) is 14.2 Å². The number of benzene rings is 2. The third-order valence-corrected chi connectivity index (χ3v) is 6.08. The predicted molar refractivity (Wildman–Crippen MR) is 125 cm³/mol. The quantitative estimate of drug-likeness (QED) is 0.383. The second kappa shape index (κ2) is 11.8. The van der Waals surface area contributed by atoms with Crippen LogP contribution >= 0.6 is 0 Å². The molecule has 30 heavy (non-hydrogen) atoms. The van der Waals surface area contributed by atoms with Crippen molar-refractivity contribution in [2.24, 2.45) is 0 Å². The fraction of sp³-hybridized carbons (Fsp3) is 0.519. The molecule has 2 rings (SSSR count). The van der Waals surface area contributed by atoms with Gasteiger partial charge in [-0.1, -0.05) is 64.8 Å². The predicted octanol–water partition coefficient (Wildman–Crippen LogP) is 6.87. The maximum Gasteiger partial charge on any atom is 0.147 e. The van der Waals surface area contributed by atoms with Gasteiger partial charge in [0.25, 0.3) is 0 Å². The highest BCUT2D eigenvalue weighted by atomic mass is 16.5. The van der Waals surface area contributed by atoms with E-state index in [4.69, 9.17) is 9.47 Å². The molecule has 2 aromatic carbocycles. The second-order valence-electron chi connectivity index (χ2n) is 8.20. The van der Waals surface area contributed by atoms with E-state index in [1.165, 1.54) is 11.1 Å². The first-order valence-corrected chi connectivity index (χ1v) is 11.3. The Labute approximate surface area is 182 Å². The molecule has 2 atom stereocenters. The van der Waals surface area contributed by atoms with Gasteiger partial charge in [0, 0.05) is 11.8 Å². The Morgan fingerprint density at radius 3 is 1.50 bits per heavy atom. The highest BCUT2D eigenvalue weighted by Crippen LogP contribution is 2.32. The van der Waals surface area contributed by atoms with E-state index in [0.29, 0.717) is 0 Å². The number of carbonyl (C=O) groups excluding carboxylic acids is 1. The summed E-state index contributed by atoms with van der Waals surface area (Å²) in [6, 6.07) is 12.5. The van der Waals surface area contributed by atoms with Crippen LogP contribution in [0.15, 0.2) is 36.4 Å². The van der Waals surface area contributed by atoms with Gasteiger partial charge in [-0.3, -0.25) is 4.79 Å². The Kier molecular flexibility index (Phi) is 9.42. The lowest BCUT2D eigenvalue weighted by Crippen LogP contribution is -2.17. The van der Waals surface area contributed by atoms with Crippen LogP contribution in [0.1, 0.15) is 87.5 Å². The molecular weight excluding hydrogens is 372 g/mol. The molecule has 2 unspecified atom stereocenters. The zero-order valence-electron chi connectivity index (χ0n) is 19.6. The van der Waals surface area contributed by atoms with Crippen LogP contribution in [0, 0.1) is 0 Å². The summed E-state index contributed by atoms with van der Waals surface area (Å²) >= 11 is 0. The van der Waals surface area contributed by atoms with Crippen LogP contribution in [0.25, 0.3) is 0 Å². The Hall–Kier alpha value is -2.29. The lowest BCUT2D eigenvalue weighted by atomic mass is 9.85. The molecule has 0 aromatic heterocycles. The molecule has 0 amide bonds. The average molecular weight is 411 g/mol. The monoisotopic (exact) mass is 410 g/mol. The molecule has 3 nitrogen and oxygen atoms in total. The maximum atomic E-state index is 13.3. The van der Waals surface area contributed by atoms with Gasteiger partial charge >= 0.3 is 0 Å². The molecule has 0 N–H and O–H groups in total. The Balaban J connectivity index is 2.21. The Morgan fingerprint density at radius 2 is 1.17 bits per heavy atom. The van der Waals surface area contributed by atoms with Crippen molar-refractivity contribution in [2.45, 2.75) is 78.1 Å². The molecule has 0 bridgehead atoms. The smallest absolute Gasteiger partial charge is 0.147 e. The van der Waals surface area contributed by atoms with Gasteiger partial charge in [0.05, 0.1) is 14.2 Å². The summed E-state index contributed by atoms with van der Waals surface area (Å²) in [5.41, 5.74) is 4.44. The summed E-state index contributed by atoms with van der Waals surface area (Å²) < 4.78 is 11.2. The zero-order valence-corrected chi connectivity index (χ0v) is 19.6. The molecular formula is C27H38O3. The largest absolute Gasteiger partial charge is 0.496 e. The fourth-order valence-electron chi connectivity index (χ4n) is 3.91. The van der Waals surface area contributed by atoms with Crippen molar-refractivity contribution in [3.63, 3.8) is 0 Å². The minimum absolute atomic E-state index is 0.195. The normalized spacial score (nSPS) is 13.0. The van der Waals surface area contributed by atoms with Crippen LogP contribution in [0.5, 0.6) is 11.5 Å². The third kappa shape index (κ3) is 5.87. The summed E-state index contributed by atoms with van der Waals surface area (Å²) in [4.78, 5) is 13.3. The SMILES string of the molecule is CCCCc1ccc(C(C)C(=O)C(C)c2ccc(CCCC)c(OC)c2)cc1OC. The minimum atomic E-state index is -0.195. The fourth-order valence-corrected chi connectivity index (χ4v) is 3.91. The van der Waals surface area contributed by atoms with E-state index in [-0.39, 0.29) is 17.6 Å². The number of Topliss-reactive ketones (excluding diaryl/α,β-unsaturated/α-hetero) is 1. The van der Waals surface area contributed by atoms with Crippen molar-refractivity contribution < 1.29 is 14.3 Å². The highest BCUT2D eigenvalue weighted by Gasteiger charge is 2.24. The minimum Gasteiger partial charge on any atom is -0.496 e. The number of unbranched alkanes of at least 4 members (excludes halogenated alkanes) is 2. The first-order chi connectivity index (χ1) is 14.5. The summed E-state index contributed by atoms with van der Waals surface area (Å²) in [6.07, 6.45) is 6.58. The highest BCUT2D eigenvalue weighted by molar-refractivity contribution is 5.91. The van der Waals surface area contributed by atoms with Crippen molar-refractivity contribution in [2.75, 3.05) is 14.2 Å². The van der Waals surface area contributed by atoms with Gasteiger partial charge in [-0.05, 0) is 60.1 Å². The topological polar surface area (TPSA) is 35.5 Å². The first-order valence-electron chi connectivity index (χ1n) is 11.3. The molecule has 2 aromatic rings. The van der Waals surface area contributed by atoms with E-state index in [2.05, 4.69) is 38.1 Å². The van der Waals surface area contributed by atoms with Crippen LogP contribution in [-0.4, -0.2) is 20.0 Å². The molecule has 0 heterocycles. The molecule has 0 fully saturated rings. The number of ketones is 1. The Morgan fingerprint density at radius 1 is 0.767 bits per heavy atom. The molecule has 164 valence electrons. The van der Waals surface area contributed by atoms with E-state index in [9.17, 15) is 4.79 Å². The number of carbonyl (C=O) groups is 1. The standard InChI is InChI=1S/C27H38O3/c1-7-9-11-21-13-15-23(17-25(21)29-5)19(3)27(28)20(4)24-16-14-22(12-10-8-2)26(18-24)30-6/h13-20H,7-12H2,1-6H3. The summed E-state index contributed by atoms with van der Waals surface area (Å²) in [6.45, 7) is 8.36. The maximum absolute atomic E-state index is 13.3. The summed E-state index contributed by atoms with van der Waals surface area (Å²) in [5.74, 6) is 1.59. The number of aryl methyl sites for hydroxylation is 2. The molecule has 0 saturated carbocycles. The van der Waals surface area contributed by atoms with E-state index in [0.717, 1.165) is 61.2 Å². The van der Waals surface area contributed by atoms with E-state index < -0.39 is 0 Å². The van der Waals surface area contributed by atoms with Gasteiger partial charge in [0.15, 0.2) is 0 Å². The molecule has 0 aliphatic carbocycles. The van der Waals surface area contributed by atoms with Gasteiger partial charge in [-0.25, -0.2) is 0 Å². The zero-order chi connectivity index (χ0) is 22.1. The molecule has 0 radical (unpaired) electrons. The summed E-state index contributed by atoms with van der Waals surface area (Å²) in [7, 11) is 3.41. The number of ether oxygens (including phenoxy) is 2. The van der Waals surface area contributed by atoms with Crippen molar-refractivity contribution in [1.29, 1.82) is 0 Å². The van der Waals surface area contributed by atoms with Crippen molar-refractivity contribution in [3.05, 3.63) is 58.7 Å². The van der Waals surface area contributed by atoms with Crippen molar-refractivity contribution >= 4 is 5.78 Å². The number of rotatable bonds is 12. The second-order valence-corrected chi connectivity index (χ2v) is 8.20. The lowest BCUT2D eigenvalue weighted by molar-refractivity contribution is -0.121. The lowest BCUT2D eigenvalue weighted by Gasteiger charge is -2.20. The van der Waals surface area contributed by atoms with Crippen LogP contribution in [0.2, 0.25) is 0 Å². The van der Waals surface area contributed by atoms with E-state index >= 15 is 0 Å². The van der Waals surface area contributed by atoms with Gasteiger partial charge in [-0.15, -0.1) is 0 Å². The number of hydrogen-bond acceptors (Lipinski definition) is 3. The molecule has 0 saturated heterocycles. The average Bonchev–Trinajstić information content (AvgIpc) is 2.79. The van der Waals surface area contributed by atoms with E-state index in [1.807, 2.05) is 26.0 Å². The summed E-state index contributed by atoms with van der Waals surface area (Å²) in [5, 5.41) is 0. The molecule has 0 spiro atoms. The molecule has 0 aliphatic rings. The molecule has 3 heteroatoms. The van der Waals surface area contributed by atoms with Crippen LogP contribution in [-0.2, 0) is 17.6 Å². The van der Waals surface area contributed by atoms with Crippen LogP contribution < -0.4 is 9.47 Å². The number of hydrogen-bond donors (Lipinski definition) is 0. The van der Waals surface area contributed by atoms with Crippen molar-refractivity contribution in [1.82, 2.24) is 0 Å². The molecule has 0 aliphatic heterocycles. The Bertz CT molecular complexity index is 757. The van der Waals surface area contributed by atoms with Gasteiger partial charge in [0.2, 0.25) is 0 Å². The van der Waals surface area contributed by atoms with Gasteiger partial charge in [0.1, 0.15) is 17.3 Å².